The van der Waals surface area contributed by atoms with Gasteiger partial charge in [-0.25, -0.2) is 4.79 Å². The molecule has 0 bridgehead atoms. The summed E-state index contributed by atoms with van der Waals surface area (Å²) in [5.74, 6) is 0.587. The number of aryl methyl sites for hydroxylation is 2. The summed E-state index contributed by atoms with van der Waals surface area (Å²) in [6.07, 6.45) is 3.94. The molecular weight excluding hydrogens is 360 g/mol. The normalized spacial score (nSPS) is 14.4. The third-order valence-electron chi connectivity index (χ3n) is 5.81. The van der Waals surface area contributed by atoms with Crippen LogP contribution < -0.4 is 15.0 Å². The molecule has 1 N–H and O–H groups in total. The van der Waals surface area contributed by atoms with E-state index in [1.54, 1.807) is 0 Å². The summed E-state index contributed by atoms with van der Waals surface area (Å²) < 4.78 is 5.55. The van der Waals surface area contributed by atoms with E-state index in [1.165, 1.54) is 34.4 Å². The first kappa shape index (κ1) is 17.8. The van der Waals surface area contributed by atoms with Crippen LogP contribution in [0.1, 0.15) is 28.7 Å². The van der Waals surface area contributed by atoms with Crippen LogP contribution in [0.5, 0.6) is 5.75 Å². The summed E-state index contributed by atoms with van der Waals surface area (Å²) in [5, 5.41) is 2.86. The lowest BCUT2D eigenvalue weighted by Crippen LogP contribution is -2.19. The highest BCUT2D eigenvalue weighted by Crippen LogP contribution is 2.32. The molecule has 4 heteroatoms. The van der Waals surface area contributed by atoms with Crippen LogP contribution in [0.25, 0.3) is 0 Å². The highest BCUT2D eigenvalue weighted by atomic mass is 16.6. The van der Waals surface area contributed by atoms with Crippen LogP contribution in [-0.4, -0.2) is 12.6 Å². The van der Waals surface area contributed by atoms with E-state index >= 15 is 0 Å². The number of nitrogens with one attached hydrogen (secondary N) is 1. The number of carbonyl (C=O) groups excluding carboxylic acids is 1. The van der Waals surface area contributed by atoms with Gasteiger partial charge in [0, 0.05) is 24.5 Å². The first-order valence-electron chi connectivity index (χ1n) is 10.3. The number of carbonyl (C=O) groups is 1. The molecule has 1 aliphatic heterocycles. The van der Waals surface area contributed by atoms with Crippen molar-refractivity contribution in [3.63, 3.8) is 0 Å². The first-order valence-corrected chi connectivity index (χ1v) is 10.3. The molecule has 0 atom stereocenters. The SMILES string of the molecule is O=C(Nc1ccc2c(c1)CCC2)Oc1ccc2c(c1)CCN2Cc1ccccc1. The van der Waals surface area contributed by atoms with Gasteiger partial charge in [0.05, 0.1) is 0 Å². The fourth-order valence-corrected chi connectivity index (χ4v) is 4.38. The van der Waals surface area contributed by atoms with Crippen molar-refractivity contribution < 1.29 is 9.53 Å². The van der Waals surface area contributed by atoms with Gasteiger partial charge in [-0.15, -0.1) is 0 Å². The Balaban J connectivity index is 1.24. The predicted molar refractivity (Wildman–Crippen MR) is 116 cm³/mol. The van der Waals surface area contributed by atoms with Gasteiger partial charge in [0.15, 0.2) is 0 Å². The van der Waals surface area contributed by atoms with Crippen molar-refractivity contribution in [2.24, 2.45) is 0 Å². The van der Waals surface area contributed by atoms with Crippen molar-refractivity contribution >= 4 is 17.5 Å². The van der Waals surface area contributed by atoms with Crippen LogP contribution in [0.3, 0.4) is 0 Å². The Kier molecular flexibility index (Phi) is 4.68. The van der Waals surface area contributed by atoms with E-state index in [2.05, 4.69) is 52.7 Å². The zero-order valence-corrected chi connectivity index (χ0v) is 16.4. The molecule has 3 aromatic carbocycles. The second kappa shape index (κ2) is 7.63. The molecule has 1 heterocycles. The van der Waals surface area contributed by atoms with Crippen molar-refractivity contribution in [1.82, 2.24) is 0 Å². The number of benzene rings is 3. The van der Waals surface area contributed by atoms with Crippen molar-refractivity contribution in [1.29, 1.82) is 0 Å². The quantitative estimate of drug-likeness (QED) is 0.659. The van der Waals surface area contributed by atoms with Crippen LogP contribution in [-0.2, 0) is 25.8 Å². The Hall–Kier alpha value is -3.27. The van der Waals surface area contributed by atoms with Crippen LogP contribution in [0.4, 0.5) is 16.2 Å². The minimum absolute atomic E-state index is 0.443. The highest BCUT2D eigenvalue weighted by Gasteiger charge is 2.20. The molecule has 0 saturated carbocycles. The number of nitrogens with zero attached hydrogens (tertiary/aromatic N) is 1. The zero-order valence-electron chi connectivity index (χ0n) is 16.4. The topological polar surface area (TPSA) is 41.6 Å². The van der Waals surface area contributed by atoms with Gasteiger partial charge in [0.2, 0.25) is 0 Å². The largest absolute Gasteiger partial charge is 0.417 e. The molecule has 5 rings (SSSR count). The van der Waals surface area contributed by atoms with Gasteiger partial charge >= 0.3 is 6.09 Å². The molecule has 0 unspecified atom stereocenters. The second-order valence-corrected chi connectivity index (χ2v) is 7.80. The summed E-state index contributed by atoms with van der Waals surface area (Å²) in [5.41, 5.74) is 7.27. The van der Waals surface area contributed by atoms with E-state index < -0.39 is 6.09 Å². The second-order valence-electron chi connectivity index (χ2n) is 7.80. The summed E-state index contributed by atoms with van der Waals surface area (Å²) in [7, 11) is 0. The summed E-state index contributed by atoms with van der Waals surface area (Å²) in [4.78, 5) is 14.7. The van der Waals surface area contributed by atoms with Crippen LogP contribution in [0.15, 0.2) is 66.7 Å². The van der Waals surface area contributed by atoms with Gasteiger partial charge in [-0.05, 0) is 78.3 Å². The van der Waals surface area contributed by atoms with Crippen molar-refractivity contribution in [2.75, 3.05) is 16.8 Å². The average molecular weight is 384 g/mol. The number of anilines is 2. The fraction of sp³-hybridized carbons (Fsp3) is 0.240. The van der Waals surface area contributed by atoms with Crippen molar-refractivity contribution in [2.45, 2.75) is 32.2 Å². The van der Waals surface area contributed by atoms with Crippen molar-refractivity contribution in [3.05, 3.63) is 89.0 Å². The zero-order chi connectivity index (χ0) is 19.6. The smallest absolute Gasteiger partial charge is 0.410 e. The van der Waals surface area contributed by atoms with E-state index in [0.717, 1.165) is 38.0 Å². The number of hydrogen-bond donors (Lipinski definition) is 1. The lowest BCUT2D eigenvalue weighted by Gasteiger charge is -2.19. The number of ether oxygens (including phenoxy) is 1. The molecule has 29 heavy (non-hydrogen) atoms. The first-order chi connectivity index (χ1) is 14.2. The monoisotopic (exact) mass is 384 g/mol. The van der Waals surface area contributed by atoms with Gasteiger partial charge in [-0.1, -0.05) is 36.4 Å². The average Bonchev–Trinajstić information content (AvgIpc) is 3.35. The molecule has 0 saturated heterocycles. The number of fused-ring (bicyclic) bond motifs is 2. The third-order valence-corrected chi connectivity index (χ3v) is 5.81. The summed E-state index contributed by atoms with van der Waals surface area (Å²) in [6.45, 7) is 1.88. The molecule has 0 radical (unpaired) electrons. The van der Waals surface area contributed by atoms with E-state index in [9.17, 15) is 4.79 Å². The highest BCUT2D eigenvalue weighted by molar-refractivity contribution is 5.86. The molecule has 4 nitrogen and oxygen atoms in total. The maximum atomic E-state index is 12.3. The van der Waals surface area contributed by atoms with E-state index in [4.69, 9.17) is 4.74 Å². The minimum Gasteiger partial charge on any atom is -0.410 e. The molecular formula is C25H24N2O2. The predicted octanol–water partition coefficient (Wildman–Crippen LogP) is 5.35. The van der Waals surface area contributed by atoms with Crippen LogP contribution >= 0.6 is 0 Å². The third kappa shape index (κ3) is 3.83. The van der Waals surface area contributed by atoms with Gasteiger partial charge in [-0.3, -0.25) is 5.32 Å². The Labute approximate surface area is 171 Å². The van der Waals surface area contributed by atoms with E-state index in [1.807, 2.05) is 24.3 Å². The lowest BCUT2D eigenvalue weighted by atomic mass is 10.1. The number of hydrogen-bond acceptors (Lipinski definition) is 3. The standard InChI is InChI=1S/C25H24N2O2/c28-25(26-22-10-9-19-7-4-8-20(19)15-22)29-23-11-12-24-21(16-23)13-14-27(24)17-18-5-2-1-3-6-18/h1-3,5-6,9-12,15-16H,4,7-8,13-14,17H2,(H,26,28). The molecule has 1 amide bonds. The molecule has 2 aliphatic rings. The summed E-state index contributed by atoms with van der Waals surface area (Å²) in [6, 6.07) is 22.5. The van der Waals surface area contributed by atoms with E-state index in [0.29, 0.717) is 5.75 Å². The van der Waals surface area contributed by atoms with Crippen molar-refractivity contribution in [3.8, 4) is 5.75 Å². The van der Waals surface area contributed by atoms with Gasteiger partial charge in [0.25, 0.3) is 0 Å². The maximum absolute atomic E-state index is 12.3. The molecule has 0 spiro atoms. The molecule has 3 aromatic rings. The Morgan fingerprint density at radius 1 is 0.897 bits per heavy atom. The molecule has 1 aliphatic carbocycles. The molecule has 146 valence electrons. The van der Waals surface area contributed by atoms with Gasteiger partial charge in [-0.2, -0.15) is 0 Å². The van der Waals surface area contributed by atoms with E-state index in [-0.39, 0.29) is 0 Å². The lowest BCUT2D eigenvalue weighted by molar-refractivity contribution is 0.215. The Morgan fingerprint density at radius 3 is 2.66 bits per heavy atom. The Morgan fingerprint density at radius 2 is 1.76 bits per heavy atom. The maximum Gasteiger partial charge on any atom is 0.417 e. The molecule has 0 aromatic heterocycles. The van der Waals surface area contributed by atoms with Crippen LogP contribution in [0, 0.1) is 0 Å². The minimum atomic E-state index is -0.443. The Bertz CT molecular complexity index is 1050. The number of amides is 1. The van der Waals surface area contributed by atoms with Crippen LogP contribution in [0.2, 0.25) is 0 Å². The van der Waals surface area contributed by atoms with Gasteiger partial charge < -0.3 is 9.64 Å². The fourth-order valence-electron chi connectivity index (χ4n) is 4.38. The number of rotatable bonds is 4. The van der Waals surface area contributed by atoms with Gasteiger partial charge in [0.1, 0.15) is 5.75 Å². The molecule has 0 fully saturated rings. The summed E-state index contributed by atoms with van der Waals surface area (Å²) >= 11 is 0.